The van der Waals surface area contributed by atoms with Gasteiger partial charge in [-0.05, 0) is 47.9 Å². The standard InChI is InChI=1S/C21H20Cl2F3N5O/c1-11-7-8-16(15(23)9-11)27-20(29-19(32)13-5-4-6-14(22)10-13)28-18-12(2)17(21(24,25)26)30-31(18)3/h4-10,12,17-18H,1-3H3,(H-,27,28,29,32)/p+1. The summed E-state index contributed by atoms with van der Waals surface area (Å²) in [6.45, 7) is 3.27. The molecule has 0 saturated heterocycles. The lowest BCUT2D eigenvalue weighted by molar-refractivity contribution is -0.591. The van der Waals surface area contributed by atoms with Crippen molar-refractivity contribution in [3.63, 3.8) is 0 Å². The second-order valence-corrected chi connectivity index (χ2v) is 8.34. The molecular formula is C21H21Cl2F3N5O+. The normalized spacial score (nSPS) is 21.3. The van der Waals surface area contributed by atoms with Crippen LogP contribution >= 0.6 is 23.2 Å². The number of aryl methyl sites for hydroxylation is 1. The van der Waals surface area contributed by atoms with E-state index in [4.69, 9.17) is 23.2 Å². The summed E-state index contributed by atoms with van der Waals surface area (Å²) in [5, 5.41) is 9.92. The molecule has 3 unspecified atom stereocenters. The second kappa shape index (κ2) is 9.46. The summed E-state index contributed by atoms with van der Waals surface area (Å²) >= 11 is 12.2. The molecule has 0 radical (unpaired) electrons. The van der Waals surface area contributed by atoms with Crippen LogP contribution in [0.1, 0.15) is 22.8 Å². The average molecular weight is 487 g/mol. The van der Waals surface area contributed by atoms with Gasteiger partial charge in [0.2, 0.25) is 12.0 Å². The molecule has 11 heteroatoms. The smallest absolute Gasteiger partial charge is 0.324 e. The lowest BCUT2D eigenvalue weighted by atomic mass is 10.0. The van der Waals surface area contributed by atoms with E-state index in [0.29, 0.717) is 15.7 Å². The highest BCUT2D eigenvalue weighted by atomic mass is 35.5. The van der Waals surface area contributed by atoms with Gasteiger partial charge in [0.05, 0.1) is 16.6 Å². The molecule has 2 aromatic carbocycles. The first-order valence-electron chi connectivity index (χ1n) is 9.64. The van der Waals surface area contributed by atoms with Crippen LogP contribution in [-0.4, -0.2) is 42.0 Å². The van der Waals surface area contributed by atoms with Crippen molar-refractivity contribution in [3.05, 3.63) is 63.6 Å². The number of hydrogen-bond acceptors (Lipinski definition) is 3. The number of alkyl halides is 3. The number of hydrogen-bond donors (Lipinski definition) is 2. The maximum absolute atomic E-state index is 13.3. The van der Waals surface area contributed by atoms with E-state index in [1.807, 2.05) is 6.92 Å². The highest BCUT2D eigenvalue weighted by Gasteiger charge is 2.55. The van der Waals surface area contributed by atoms with E-state index in [2.05, 4.69) is 20.7 Å². The van der Waals surface area contributed by atoms with Gasteiger partial charge in [-0.3, -0.25) is 10.1 Å². The summed E-state index contributed by atoms with van der Waals surface area (Å²) in [6.07, 6.45) is -5.47. The first-order chi connectivity index (χ1) is 15.0. The third-order valence-corrected chi connectivity index (χ3v) is 5.50. The van der Waals surface area contributed by atoms with Gasteiger partial charge in [0.25, 0.3) is 12.1 Å². The van der Waals surface area contributed by atoms with Gasteiger partial charge < -0.3 is 5.32 Å². The molecule has 0 aliphatic carbocycles. The van der Waals surface area contributed by atoms with Crippen LogP contribution in [0.2, 0.25) is 10.0 Å². The first-order valence-corrected chi connectivity index (χ1v) is 10.4. The number of nitrogens with zero attached hydrogens (tertiary/aromatic N) is 3. The van der Waals surface area contributed by atoms with Crippen LogP contribution in [0.25, 0.3) is 0 Å². The third kappa shape index (κ3) is 5.58. The Bertz CT molecular complexity index is 1090. The summed E-state index contributed by atoms with van der Waals surface area (Å²) in [7, 11) is 1.41. The maximum atomic E-state index is 13.3. The molecule has 1 heterocycles. The van der Waals surface area contributed by atoms with Crippen molar-refractivity contribution in [1.29, 1.82) is 0 Å². The van der Waals surface area contributed by atoms with E-state index in [9.17, 15) is 18.0 Å². The van der Waals surface area contributed by atoms with Crippen molar-refractivity contribution in [2.24, 2.45) is 16.0 Å². The minimum atomic E-state index is -4.50. The zero-order valence-electron chi connectivity index (χ0n) is 17.4. The van der Waals surface area contributed by atoms with Crippen LogP contribution in [-0.2, 0) is 0 Å². The van der Waals surface area contributed by atoms with Gasteiger partial charge in [-0.2, -0.15) is 18.2 Å². The van der Waals surface area contributed by atoms with Crippen LogP contribution in [0.5, 0.6) is 0 Å². The molecule has 2 aromatic rings. The molecule has 0 aromatic heterocycles. The molecule has 3 atom stereocenters. The van der Waals surface area contributed by atoms with Gasteiger partial charge in [0.15, 0.2) is 7.05 Å². The lowest BCUT2D eigenvalue weighted by Gasteiger charge is -2.17. The number of aliphatic imine (C=N–C) groups is 1. The molecule has 0 saturated carbocycles. The second-order valence-electron chi connectivity index (χ2n) is 7.50. The van der Waals surface area contributed by atoms with E-state index >= 15 is 0 Å². The SMILES string of the molecule is Cc1ccc(NC(=NC2C(C)C(C(F)(F)F)N=[N+]2C)NC(=O)c2cccc(Cl)c2)c(Cl)c1. The first kappa shape index (κ1) is 24.0. The minimum absolute atomic E-state index is 0.0672. The van der Waals surface area contributed by atoms with E-state index in [-0.39, 0.29) is 11.5 Å². The van der Waals surface area contributed by atoms with Gasteiger partial charge in [-0.25, -0.2) is 0 Å². The Balaban J connectivity index is 1.94. The maximum Gasteiger partial charge on any atom is 0.417 e. The van der Waals surface area contributed by atoms with Crippen molar-refractivity contribution in [3.8, 4) is 0 Å². The van der Waals surface area contributed by atoms with Crippen LogP contribution in [0.4, 0.5) is 18.9 Å². The highest BCUT2D eigenvalue weighted by molar-refractivity contribution is 6.34. The van der Waals surface area contributed by atoms with E-state index in [1.54, 1.807) is 36.4 Å². The van der Waals surface area contributed by atoms with Crippen LogP contribution in [0, 0.1) is 12.8 Å². The summed E-state index contributed by atoms with van der Waals surface area (Å²) in [5.41, 5.74) is 1.60. The Kier molecular flexibility index (Phi) is 7.09. The largest absolute Gasteiger partial charge is 0.417 e. The van der Waals surface area contributed by atoms with Crippen LogP contribution in [0.3, 0.4) is 0 Å². The fourth-order valence-electron chi connectivity index (χ4n) is 3.32. The molecule has 2 N–H and O–H groups in total. The number of azo groups is 2. The fourth-order valence-corrected chi connectivity index (χ4v) is 3.80. The number of guanidine groups is 1. The Morgan fingerprint density at radius 2 is 1.91 bits per heavy atom. The summed E-state index contributed by atoms with van der Waals surface area (Å²) in [5.74, 6) is -1.59. The predicted molar refractivity (Wildman–Crippen MR) is 118 cm³/mol. The molecule has 32 heavy (non-hydrogen) atoms. The number of halogens is 5. The van der Waals surface area contributed by atoms with Gasteiger partial charge in [0, 0.05) is 10.6 Å². The summed E-state index contributed by atoms with van der Waals surface area (Å²) < 4.78 is 41.1. The minimum Gasteiger partial charge on any atom is -0.324 e. The molecule has 1 amide bonds. The Morgan fingerprint density at radius 1 is 1.19 bits per heavy atom. The van der Waals surface area contributed by atoms with Gasteiger partial charge in [-0.15, -0.1) is 4.70 Å². The van der Waals surface area contributed by atoms with Crippen molar-refractivity contribution in [1.82, 2.24) is 5.32 Å². The van der Waals surface area contributed by atoms with Crippen molar-refractivity contribution >= 4 is 40.8 Å². The highest BCUT2D eigenvalue weighted by Crippen LogP contribution is 2.35. The monoisotopic (exact) mass is 486 g/mol. The van der Waals surface area contributed by atoms with Gasteiger partial charge in [-0.1, -0.05) is 42.3 Å². The topological polar surface area (TPSA) is 68.9 Å². The quantitative estimate of drug-likeness (QED) is 0.341. The molecular weight excluding hydrogens is 466 g/mol. The number of carbonyl (C=O) groups is 1. The number of rotatable bonds is 3. The van der Waals surface area contributed by atoms with E-state index < -0.39 is 30.2 Å². The van der Waals surface area contributed by atoms with Crippen LogP contribution < -0.4 is 10.6 Å². The van der Waals surface area contributed by atoms with Gasteiger partial charge in [0.1, 0.15) is 0 Å². The Labute approximate surface area is 193 Å². The Morgan fingerprint density at radius 3 is 2.50 bits per heavy atom. The van der Waals surface area contributed by atoms with Crippen molar-refractivity contribution < 1.29 is 22.7 Å². The number of anilines is 1. The zero-order chi connectivity index (χ0) is 23.6. The Hall–Kier alpha value is -2.65. The summed E-state index contributed by atoms with van der Waals surface area (Å²) in [4.78, 5) is 17.1. The number of carbonyl (C=O) groups excluding carboxylic acids is 1. The van der Waals surface area contributed by atoms with Crippen molar-refractivity contribution in [2.75, 3.05) is 12.4 Å². The molecule has 170 valence electrons. The predicted octanol–water partition coefficient (Wildman–Crippen LogP) is 5.50. The molecule has 6 nitrogen and oxygen atoms in total. The van der Waals surface area contributed by atoms with Crippen molar-refractivity contribution in [2.45, 2.75) is 32.2 Å². The fraction of sp³-hybridized carbons (Fsp3) is 0.333. The average Bonchev–Trinajstić information content (AvgIpc) is 2.98. The number of amides is 1. The molecule has 3 rings (SSSR count). The number of nitrogens with one attached hydrogen (secondary N) is 2. The van der Waals surface area contributed by atoms with E-state index in [1.165, 1.54) is 20.0 Å². The molecule has 1 aliphatic rings. The number of benzene rings is 2. The summed E-state index contributed by atoms with van der Waals surface area (Å²) in [6, 6.07) is 9.54. The molecule has 1 aliphatic heterocycles. The lowest BCUT2D eigenvalue weighted by Crippen LogP contribution is -2.40. The zero-order valence-corrected chi connectivity index (χ0v) is 18.9. The van der Waals surface area contributed by atoms with Crippen LogP contribution in [0.15, 0.2) is 52.6 Å². The van der Waals surface area contributed by atoms with E-state index in [0.717, 1.165) is 10.3 Å². The van der Waals surface area contributed by atoms with Gasteiger partial charge >= 0.3 is 6.18 Å². The molecule has 0 fully saturated rings. The molecule has 0 spiro atoms. The third-order valence-electron chi connectivity index (χ3n) is 4.95. The molecule has 0 bridgehead atoms.